The molecule has 0 unspecified atom stereocenters. The van der Waals surface area contributed by atoms with Crippen molar-refractivity contribution in [3.8, 4) is 11.4 Å². The molecule has 6 heteroatoms. The van der Waals surface area contributed by atoms with Crippen LogP contribution < -0.4 is 0 Å². The molecule has 4 nitrogen and oxygen atoms in total. The van der Waals surface area contributed by atoms with E-state index in [-0.39, 0.29) is 11.1 Å². The lowest BCUT2D eigenvalue weighted by atomic mass is 10.0. The van der Waals surface area contributed by atoms with Gasteiger partial charge in [-0.1, -0.05) is 0 Å². The molecule has 3 rings (SSSR count). The summed E-state index contributed by atoms with van der Waals surface area (Å²) in [6, 6.07) is 4.42. The quantitative estimate of drug-likeness (QED) is 0.782. The fourth-order valence-corrected chi connectivity index (χ4v) is 2.82. The Morgan fingerprint density at radius 1 is 1.19 bits per heavy atom. The third kappa shape index (κ3) is 2.38. The first-order valence-corrected chi connectivity index (χ1v) is 7.10. The van der Waals surface area contributed by atoms with Crippen LogP contribution in [0, 0.1) is 19.7 Å². The molecule has 0 radical (unpaired) electrons. The number of hydrogen-bond donors (Lipinski definition) is 1. The molecule has 21 heavy (non-hydrogen) atoms. The third-order valence-electron chi connectivity index (χ3n) is 3.12. The summed E-state index contributed by atoms with van der Waals surface area (Å²) in [5.41, 5.74) is 1.67. The normalized spacial score (nSPS) is 11.0. The monoisotopic (exact) mass is 302 g/mol. The van der Waals surface area contributed by atoms with Crippen molar-refractivity contribution in [1.29, 1.82) is 0 Å². The van der Waals surface area contributed by atoms with Crippen LogP contribution in [0.2, 0.25) is 0 Å². The van der Waals surface area contributed by atoms with E-state index < -0.39 is 11.8 Å². The summed E-state index contributed by atoms with van der Waals surface area (Å²) in [5.74, 6) is -1.64. The summed E-state index contributed by atoms with van der Waals surface area (Å²) in [4.78, 5) is 20.0. The van der Waals surface area contributed by atoms with Crippen molar-refractivity contribution in [1.82, 2.24) is 9.97 Å². The average Bonchev–Trinajstić information content (AvgIpc) is 2.84. The predicted molar refractivity (Wildman–Crippen MR) is 79.2 cm³/mol. The summed E-state index contributed by atoms with van der Waals surface area (Å²) in [6.07, 6.45) is 0. The van der Waals surface area contributed by atoms with Gasteiger partial charge in [0.15, 0.2) is 0 Å². The molecule has 0 atom stereocenters. The van der Waals surface area contributed by atoms with Crippen molar-refractivity contribution in [3.63, 3.8) is 0 Å². The molecular formula is C15H11FN2O2S. The van der Waals surface area contributed by atoms with Crippen LogP contribution in [-0.4, -0.2) is 21.0 Å². The number of thiazole rings is 1. The molecule has 0 saturated heterocycles. The second-order valence-electron chi connectivity index (χ2n) is 4.75. The number of carboxylic acid groups (broad SMARTS) is 1. The molecular weight excluding hydrogens is 291 g/mol. The van der Waals surface area contributed by atoms with Gasteiger partial charge in [-0.05, 0) is 37.6 Å². The lowest BCUT2D eigenvalue weighted by Crippen LogP contribution is -2.02. The number of aromatic carboxylic acids is 1. The van der Waals surface area contributed by atoms with E-state index in [0.717, 1.165) is 5.01 Å². The molecule has 106 valence electrons. The molecule has 0 aliphatic rings. The Hall–Kier alpha value is -2.34. The highest BCUT2D eigenvalue weighted by atomic mass is 32.1. The summed E-state index contributed by atoms with van der Waals surface area (Å²) in [6.45, 7) is 3.56. The van der Waals surface area contributed by atoms with E-state index >= 15 is 0 Å². The minimum atomic E-state index is -1.11. The molecule has 0 amide bonds. The van der Waals surface area contributed by atoms with Crippen LogP contribution >= 0.6 is 11.3 Å². The van der Waals surface area contributed by atoms with Gasteiger partial charge in [-0.2, -0.15) is 0 Å². The predicted octanol–water partition coefficient (Wildman–Crippen LogP) is 3.81. The van der Waals surface area contributed by atoms with Gasteiger partial charge in [0, 0.05) is 10.8 Å². The van der Waals surface area contributed by atoms with Crippen LogP contribution in [0.25, 0.3) is 22.3 Å². The number of halogens is 1. The lowest BCUT2D eigenvalue weighted by molar-refractivity contribution is 0.0699. The highest BCUT2D eigenvalue weighted by Gasteiger charge is 2.17. The summed E-state index contributed by atoms with van der Waals surface area (Å²) < 4.78 is 14.1. The SMILES string of the molecule is Cc1cc(F)c2nc(-c3csc(C)n3)cc(C(=O)O)c2c1. The Bertz CT molecular complexity index is 873. The summed E-state index contributed by atoms with van der Waals surface area (Å²) >= 11 is 1.43. The molecule has 0 aliphatic carbocycles. The van der Waals surface area contributed by atoms with Crippen molar-refractivity contribution >= 4 is 28.2 Å². The van der Waals surface area contributed by atoms with Crippen LogP contribution in [0.15, 0.2) is 23.6 Å². The smallest absolute Gasteiger partial charge is 0.336 e. The molecule has 1 N–H and O–H groups in total. The van der Waals surface area contributed by atoms with E-state index in [2.05, 4.69) is 9.97 Å². The van der Waals surface area contributed by atoms with Crippen molar-refractivity contribution in [2.24, 2.45) is 0 Å². The zero-order valence-corrected chi connectivity index (χ0v) is 12.2. The van der Waals surface area contributed by atoms with Gasteiger partial charge in [-0.15, -0.1) is 11.3 Å². The topological polar surface area (TPSA) is 63.1 Å². The Morgan fingerprint density at radius 2 is 1.95 bits per heavy atom. The Kier molecular flexibility index (Phi) is 3.17. The molecule has 3 aromatic rings. The first-order chi connectivity index (χ1) is 9.95. The molecule has 0 fully saturated rings. The maximum absolute atomic E-state index is 14.1. The zero-order valence-electron chi connectivity index (χ0n) is 11.3. The van der Waals surface area contributed by atoms with Crippen LogP contribution in [0.1, 0.15) is 20.9 Å². The summed E-state index contributed by atoms with van der Waals surface area (Å²) in [7, 11) is 0. The fraction of sp³-hybridized carbons (Fsp3) is 0.133. The van der Waals surface area contributed by atoms with Gasteiger partial charge >= 0.3 is 5.97 Å². The first kappa shape index (κ1) is 13.6. The molecule has 2 heterocycles. The van der Waals surface area contributed by atoms with Crippen molar-refractivity contribution in [2.45, 2.75) is 13.8 Å². The standard InChI is InChI=1S/C15H11FN2O2S/c1-7-3-9-10(15(19)20)5-12(13-6-21-8(2)17-13)18-14(9)11(16)4-7/h3-6H,1-2H3,(H,19,20). The van der Waals surface area contributed by atoms with Gasteiger partial charge in [0.1, 0.15) is 11.3 Å². The summed E-state index contributed by atoms with van der Waals surface area (Å²) in [5, 5.41) is 12.3. The van der Waals surface area contributed by atoms with Gasteiger partial charge in [-0.25, -0.2) is 19.2 Å². The number of carbonyl (C=O) groups is 1. The number of pyridine rings is 1. The lowest BCUT2D eigenvalue weighted by Gasteiger charge is -2.07. The molecule has 1 aromatic carbocycles. The number of nitrogens with zero attached hydrogens (tertiary/aromatic N) is 2. The zero-order chi connectivity index (χ0) is 15.1. The highest BCUT2D eigenvalue weighted by Crippen LogP contribution is 2.28. The maximum Gasteiger partial charge on any atom is 0.336 e. The minimum absolute atomic E-state index is 0.0308. The van der Waals surface area contributed by atoms with E-state index in [4.69, 9.17) is 0 Å². The van der Waals surface area contributed by atoms with Crippen LogP contribution in [0.3, 0.4) is 0 Å². The van der Waals surface area contributed by atoms with Crippen LogP contribution in [0.5, 0.6) is 0 Å². The van der Waals surface area contributed by atoms with E-state index in [1.165, 1.54) is 23.5 Å². The van der Waals surface area contributed by atoms with Crippen LogP contribution in [-0.2, 0) is 0 Å². The average molecular weight is 302 g/mol. The van der Waals surface area contributed by atoms with Crippen LogP contribution in [0.4, 0.5) is 4.39 Å². The largest absolute Gasteiger partial charge is 0.478 e. The van der Waals surface area contributed by atoms with Crippen molar-refractivity contribution < 1.29 is 14.3 Å². The van der Waals surface area contributed by atoms with Crippen molar-refractivity contribution in [3.05, 3.63) is 45.5 Å². The fourth-order valence-electron chi connectivity index (χ4n) is 2.21. The van der Waals surface area contributed by atoms with Gasteiger partial charge in [-0.3, -0.25) is 0 Å². The van der Waals surface area contributed by atoms with Gasteiger partial charge < -0.3 is 5.11 Å². The second-order valence-corrected chi connectivity index (χ2v) is 5.82. The minimum Gasteiger partial charge on any atom is -0.478 e. The molecule has 2 aromatic heterocycles. The molecule has 0 bridgehead atoms. The van der Waals surface area contributed by atoms with Crippen molar-refractivity contribution in [2.75, 3.05) is 0 Å². The Morgan fingerprint density at radius 3 is 2.57 bits per heavy atom. The maximum atomic E-state index is 14.1. The number of benzene rings is 1. The Balaban J connectivity index is 2.37. The number of carboxylic acids is 1. The molecule has 0 aliphatic heterocycles. The first-order valence-electron chi connectivity index (χ1n) is 6.22. The van der Waals surface area contributed by atoms with E-state index in [1.807, 2.05) is 6.92 Å². The van der Waals surface area contributed by atoms with Gasteiger partial charge in [0.05, 0.1) is 22.0 Å². The molecule has 0 spiro atoms. The third-order valence-corrected chi connectivity index (χ3v) is 3.90. The van der Waals surface area contributed by atoms with E-state index in [9.17, 15) is 14.3 Å². The second kappa shape index (κ2) is 4.89. The van der Waals surface area contributed by atoms with E-state index in [0.29, 0.717) is 22.3 Å². The number of fused-ring (bicyclic) bond motifs is 1. The number of hydrogen-bond acceptors (Lipinski definition) is 4. The number of aryl methyl sites for hydroxylation is 2. The molecule has 0 saturated carbocycles. The number of rotatable bonds is 2. The van der Waals surface area contributed by atoms with E-state index in [1.54, 1.807) is 18.4 Å². The highest BCUT2D eigenvalue weighted by molar-refractivity contribution is 7.09. The number of aromatic nitrogens is 2. The van der Waals surface area contributed by atoms with Gasteiger partial charge in [0.2, 0.25) is 0 Å². The van der Waals surface area contributed by atoms with Gasteiger partial charge in [0.25, 0.3) is 0 Å². The Labute approximate surface area is 123 Å².